The maximum atomic E-state index is 5.29. The maximum Gasteiger partial charge on any atom is 0.127 e. The first-order valence-corrected chi connectivity index (χ1v) is 16.4. The highest BCUT2D eigenvalue weighted by molar-refractivity contribution is 8.00. The fourth-order valence-electron chi connectivity index (χ4n) is 7.21. The molecule has 1 aliphatic heterocycles. The summed E-state index contributed by atoms with van der Waals surface area (Å²) >= 11 is 3.80. The molecule has 0 fully saturated rings. The van der Waals surface area contributed by atoms with Gasteiger partial charge < -0.3 is 4.57 Å². The van der Waals surface area contributed by atoms with Crippen LogP contribution in [0.4, 0.5) is 0 Å². The molecule has 2 nitrogen and oxygen atoms in total. The minimum Gasteiger partial charge on any atom is -0.308 e. The van der Waals surface area contributed by atoms with Crippen molar-refractivity contribution in [3.8, 4) is 16.3 Å². The number of para-hydroxylation sites is 2. The van der Waals surface area contributed by atoms with Gasteiger partial charge in [0.05, 0.1) is 26.9 Å². The summed E-state index contributed by atoms with van der Waals surface area (Å²) in [6.45, 7) is 0. The number of thiazole rings is 1. The molecule has 6 aromatic carbocycles. The number of rotatable bonds is 2. The Morgan fingerprint density at radius 3 is 2.26 bits per heavy atom. The van der Waals surface area contributed by atoms with E-state index in [1.807, 2.05) is 23.1 Å². The molecule has 2 aliphatic rings. The number of benzene rings is 6. The van der Waals surface area contributed by atoms with Crippen molar-refractivity contribution in [2.45, 2.75) is 16.1 Å². The third kappa shape index (κ3) is 3.45. The summed E-state index contributed by atoms with van der Waals surface area (Å²) in [6, 6.07) is 44.3. The van der Waals surface area contributed by atoms with Crippen LogP contribution < -0.4 is 10.4 Å². The van der Waals surface area contributed by atoms with Gasteiger partial charge in [-0.2, -0.15) is 0 Å². The number of thioether (sulfide) groups is 1. The van der Waals surface area contributed by atoms with Crippen LogP contribution in [0.5, 0.6) is 0 Å². The number of hydrogen-bond donors (Lipinski definition) is 0. The van der Waals surface area contributed by atoms with Crippen LogP contribution in [0, 0.1) is 0 Å². The third-order valence-corrected chi connectivity index (χ3v) is 11.5. The van der Waals surface area contributed by atoms with Gasteiger partial charge in [0.2, 0.25) is 0 Å². The summed E-state index contributed by atoms with van der Waals surface area (Å²) in [5.41, 5.74) is 7.39. The summed E-state index contributed by atoms with van der Waals surface area (Å²) < 4.78 is 3.72. The fourth-order valence-corrected chi connectivity index (χ4v) is 9.63. The number of aromatic nitrogens is 2. The highest BCUT2D eigenvalue weighted by Crippen LogP contribution is 2.54. The van der Waals surface area contributed by atoms with Gasteiger partial charge in [0.1, 0.15) is 5.01 Å². The summed E-state index contributed by atoms with van der Waals surface area (Å²) in [6.07, 6.45) is 4.97. The van der Waals surface area contributed by atoms with Gasteiger partial charge in [-0.1, -0.05) is 91.0 Å². The molecule has 0 saturated heterocycles. The van der Waals surface area contributed by atoms with Gasteiger partial charge in [-0.15, -0.1) is 23.1 Å². The molecule has 2 atom stereocenters. The van der Waals surface area contributed by atoms with Crippen molar-refractivity contribution in [3.05, 3.63) is 137 Å². The number of hydrogen-bond acceptors (Lipinski definition) is 3. The first-order chi connectivity index (χ1) is 21.3. The van der Waals surface area contributed by atoms with E-state index in [0.717, 1.165) is 10.5 Å². The molecule has 0 amide bonds. The van der Waals surface area contributed by atoms with E-state index in [1.54, 1.807) is 0 Å². The predicted molar refractivity (Wildman–Crippen MR) is 184 cm³/mol. The van der Waals surface area contributed by atoms with Gasteiger partial charge in [-0.05, 0) is 69.2 Å². The lowest BCUT2D eigenvalue weighted by atomic mass is 9.87. The molecule has 10 rings (SSSR count). The van der Waals surface area contributed by atoms with E-state index < -0.39 is 0 Å². The minimum atomic E-state index is 0.283. The molecule has 0 saturated carbocycles. The lowest BCUT2D eigenvalue weighted by Crippen LogP contribution is -2.31. The molecule has 0 bridgehead atoms. The van der Waals surface area contributed by atoms with E-state index in [9.17, 15) is 0 Å². The lowest BCUT2D eigenvalue weighted by Gasteiger charge is -2.21. The average molecular weight is 585 g/mol. The lowest BCUT2D eigenvalue weighted by molar-refractivity contribution is 0.943. The van der Waals surface area contributed by atoms with Crippen molar-refractivity contribution >= 4 is 78.0 Å². The van der Waals surface area contributed by atoms with Crippen LogP contribution in [0.15, 0.2) is 126 Å². The molecule has 2 unspecified atom stereocenters. The van der Waals surface area contributed by atoms with Crippen molar-refractivity contribution in [2.24, 2.45) is 0 Å². The Balaban J connectivity index is 1.34. The van der Waals surface area contributed by atoms with Crippen molar-refractivity contribution in [2.75, 3.05) is 0 Å². The minimum absolute atomic E-state index is 0.283. The summed E-state index contributed by atoms with van der Waals surface area (Å²) in [5.74, 6) is 0.283. The smallest absolute Gasteiger partial charge is 0.127 e. The summed E-state index contributed by atoms with van der Waals surface area (Å²) in [5, 5.41) is 9.19. The molecule has 0 radical (unpaired) electrons. The van der Waals surface area contributed by atoms with Gasteiger partial charge in [-0.3, -0.25) is 0 Å². The van der Waals surface area contributed by atoms with Gasteiger partial charge in [0, 0.05) is 32.4 Å². The molecular formula is C39H24N2S2. The molecule has 2 aromatic heterocycles. The van der Waals surface area contributed by atoms with E-state index in [4.69, 9.17) is 4.98 Å². The average Bonchev–Trinajstić information content (AvgIpc) is 3.73. The molecule has 0 spiro atoms. The van der Waals surface area contributed by atoms with Crippen LogP contribution in [0.25, 0.3) is 71.2 Å². The van der Waals surface area contributed by atoms with E-state index in [0.29, 0.717) is 5.25 Å². The van der Waals surface area contributed by atoms with Crippen LogP contribution in [-0.2, 0) is 0 Å². The Kier molecular flexibility index (Phi) is 4.96. The highest BCUT2D eigenvalue weighted by atomic mass is 32.2. The first-order valence-electron chi connectivity index (χ1n) is 14.7. The van der Waals surface area contributed by atoms with Crippen molar-refractivity contribution in [1.82, 2.24) is 9.55 Å². The van der Waals surface area contributed by atoms with E-state index >= 15 is 0 Å². The third-order valence-electron chi connectivity index (χ3n) is 9.12. The van der Waals surface area contributed by atoms with E-state index in [2.05, 4.69) is 138 Å². The second kappa shape index (κ2) is 8.93. The Morgan fingerprint density at radius 2 is 1.37 bits per heavy atom. The Morgan fingerprint density at radius 1 is 0.628 bits per heavy atom. The molecule has 3 heterocycles. The topological polar surface area (TPSA) is 17.8 Å². The molecule has 8 aromatic rings. The van der Waals surface area contributed by atoms with E-state index in [1.165, 1.54) is 69.4 Å². The zero-order chi connectivity index (χ0) is 28.1. The van der Waals surface area contributed by atoms with Crippen LogP contribution in [0.3, 0.4) is 0 Å². The number of nitrogens with zero attached hydrogens (tertiary/aromatic N) is 2. The maximum absolute atomic E-state index is 5.29. The molecule has 43 heavy (non-hydrogen) atoms. The first kappa shape index (κ1) is 23.9. The molecule has 1 aliphatic carbocycles. The van der Waals surface area contributed by atoms with Gasteiger partial charge in [0.25, 0.3) is 0 Å². The van der Waals surface area contributed by atoms with E-state index in [-0.39, 0.29) is 5.92 Å². The quantitative estimate of drug-likeness (QED) is 0.202. The van der Waals surface area contributed by atoms with Crippen LogP contribution in [0.2, 0.25) is 0 Å². The second-order valence-electron chi connectivity index (χ2n) is 11.5. The van der Waals surface area contributed by atoms with Gasteiger partial charge in [0.15, 0.2) is 0 Å². The fraction of sp³-hybridized carbons (Fsp3) is 0.0513. The Bertz CT molecular complexity index is 2540. The van der Waals surface area contributed by atoms with Crippen LogP contribution in [0.1, 0.15) is 11.5 Å². The molecule has 0 N–H and O–H groups in total. The number of fused-ring (bicyclic) bond motifs is 9. The standard InChI is InChI=1S/C39H24N2S2/c1-3-11-25-21-33-28(19-23(25)9-1)27-13-5-7-15-31(27)41(33)32-17-18-35-37(38(32)39-40-30-14-6-8-16-34(30)43-39)29-20-24-10-2-4-12-26(24)22-36(29)42-35/h1-22,29,36H. The predicted octanol–water partition coefficient (Wildman–Crippen LogP) is 9.05. The zero-order valence-electron chi connectivity index (χ0n) is 23.1. The Labute approximate surface area is 256 Å². The molecule has 202 valence electrons. The van der Waals surface area contributed by atoms with Gasteiger partial charge >= 0.3 is 0 Å². The van der Waals surface area contributed by atoms with Crippen LogP contribution >= 0.6 is 23.1 Å². The monoisotopic (exact) mass is 584 g/mol. The largest absolute Gasteiger partial charge is 0.308 e. The van der Waals surface area contributed by atoms with Crippen molar-refractivity contribution in [3.63, 3.8) is 0 Å². The molecule has 4 heteroatoms. The summed E-state index contributed by atoms with van der Waals surface area (Å²) in [7, 11) is 0. The summed E-state index contributed by atoms with van der Waals surface area (Å²) in [4.78, 5) is 6.66. The highest BCUT2D eigenvalue weighted by Gasteiger charge is 2.36. The molecular weight excluding hydrogens is 561 g/mol. The van der Waals surface area contributed by atoms with Crippen molar-refractivity contribution < 1.29 is 0 Å². The SMILES string of the molecule is C1=c2ccccc2=CC2c3c(ccc(-n4c5ccccc5c5cc6ccccc6cc54)c3-c3nc4ccccc4s3)SC12. The zero-order valence-corrected chi connectivity index (χ0v) is 24.7. The second-order valence-corrected chi connectivity index (χ2v) is 13.7. The van der Waals surface area contributed by atoms with Crippen molar-refractivity contribution in [1.29, 1.82) is 0 Å². The van der Waals surface area contributed by atoms with Gasteiger partial charge in [-0.25, -0.2) is 4.98 Å². The normalized spacial score (nSPS) is 17.1. The Hall–Kier alpha value is -4.64. The van der Waals surface area contributed by atoms with Crippen LogP contribution in [-0.4, -0.2) is 14.8 Å².